The standard InChI is InChI=1S/C19H14ClO2/c20-16-7-4-8-19(13-16)22-18-11-9-17(10-12-18)21-14-15-5-2-1-3-6-15/h1-11,13H,14H2. The minimum Gasteiger partial charge on any atom is -0.489 e. The predicted molar refractivity (Wildman–Crippen MR) is 87.6 cm³/mol. The van der Waals surface area contributed by atoms with Crippen LogP contribution in [0.1, 0.15) is 5.56 Å². The van der Waals surface area contributed by atoms with E-state index >= 15 is 0 Å². The predicted octanol–water partition coefficient (Wildman–Crippen LogP) is 5.51. The fraction of sp³-hybridized carbons (Fsp3) is 0.0526. The maximum Gasteiger partial charge on any atom is 0.135 e. The van der Waals surface area contributed by atoms with Crippen molar-refractivity contribution < 1.29 is 9.47 Å². The van der Waals surface area contributed by atoms with E-state index < -0.39 is 0 Å². The van der Waals surface area contributed by atoms with Gasteiger partial charge in [0.1, 0.15) is 23.9 Å². The molecule has 0 aliphatic carbocycles. The molecular weight excluding hydrogens is 296 g/mol. The summed E-state index contributed by atoms with van der Waals surface area (Å²) in [5, 5.41) is 0.639. The van der Waals surface area contributed by atoms with Crippen LogP contribution < -0.4 is 9.47 Å². The minimum atomic E-state index is 0.531. The fourth-order valence-electron chi connectivity index (χ4n) is 1.95. The molecule has 0 spiro atoms. The van der Waals surface area contributed by atoms with E-state index in [1.54, 1.807) is 18.2 Å². The van der Waals surface area contributed by atoms with Gasteiger partial charge < -0.3 is 9.47 Å². The molecular formula is C19H14ClO2. The molecule has 109 valence electrons. The van der Waals surface area contributed by atoms with Crippen LogP contribution in [-0.4, -0.2) is 0 Å². The lowest BCUT2D eigenvalue weighted by Gasteiger charge is -2.08. The molecule has 0 N–H and O–H groups in total. The number of hydrogen-bond donors (Lipinski definition) is 0. The lowest BCUT2D eigenvalue weighted by molar-refractivity contribution is 0.305. The Morgan fingerprint density at radius 1 is 0.864 bits per heavy atom. The molecule has 0 bridgehead atoms. The SMILES string of the molecule is Clc1cccc(Oc2[c]cc(OCc3ccccc3)cc2)c1. The third-order valence-corrected chi connectivity index (χ3v) is 3.26. The van der Waals surface area contributed by atoms with Gasteiger partial charge in [-0.1, -0.05) is 48.0 Å². The van der Waals surface area contributed by atoms with Gasteiger partial charge in [-0.05, 0) is 42.0 Å². The van der Waals surface area contributed by atoms with Crippen molar-refractivity contribution in [3.8, 4) is 17.2 Å². The number of ether oxygens (including phenoxy) is 2. The Bertz CT molecular complexity index is 724. The zero-order valence-corrected chi connectivity index (χ0v) is 12.6. The van der Waals surface area contributed by atoms with Crippen LogP contribution in [0.25, 0.3) is 0 Å². The molecule has 0 aromatic heterocycles. The van der Waals surface area contributed by atoms with E-state index in [1.807, 2.05) is 54.6 Å². The molecule has 3 aromatic carbocycles. The zero-order valence-electron chi connectivity index (χ0n) is 11.8. The summed E-state index contributed by atoms with van der Waals surface area (Å²) in [6.45, 7) is 0.531. The van der Waals surface area contributed by atoms with E-state index in [-0.39, 0.29) is 0 Å². The third kappa shape index (κ3) is 4.03. The zero-order chi connectivity index (χ0) is 15.2. The van der Waals surface area contributed by atoms with Crippen molar-refractivity contribution in [2.45, 2.75) is 6.61 Å². The molecule has 0 amide bonds. The average molecular weight is 310 g/mol. The topological polar surface area (TPSA) is 18.5 Å². The van der Waals surface area contributed by atoms with Crippen LogP contribution in [0, 0.1) is 6.07 Å². The van der Waals surface area contributed by atoms with Gasteiger partial charge in [0.15, 0.2) is 0 Å². The van der Waals surface area contributed by atoms with Crippen molar-refractivity contribution in [1.29, 1.82) is 0 Å². The molecule has 0 fully saturated rings. The smallest absolute Gasteiger partial charge is 0.135 e. The van der Waals surface area contributed by atoms with E-state index in [1.165, 1.54) is 0 Å². The van der Waals surface area contributed by atoms with Gasteiger partial charge in [0.25, 0.3) is 0 Å². The lowest BCUT2D eigenvalue weighted by Crippen LogP contribution is -1.94. The molecule has 0 aliphatic rings. The molecule has 0 heterocycles. The van der Waals surface area contributed by atoms with E-state index in [0.29, 0.717) is 23.1 Å². The van der Waals surface area contributed by atoms with Crippen molar-refractivity contribution in [3.05, 3.63) is 89.4 Å². The third-order valence-electron chi connectivity index (χ3n) is 3.03. The van der Waals surface area contributed by atoms with Crippen LogP contribution in [0.4, 0.5) is 0 Å². The van der Waals surface area contributed by atoms with Gasteiger partial charge in [-0.3, -0.25) is 0 Å². The van der Waals surface area contributed by atoms with Crippen LogP contribution in [0.3, 0.4) is 0 Å². The first kappa shape index (κ1) is 14.5. The second-order valence-electron chi connectivity index (χ2n) is 4.72. The van der Waals surface area contributed by atoms with Gasteiger partial charge in [0.2, 0.25) is 0 Å². The first-order chi connectivity index (χ1) is 10.8. The molecule has 22 heavy (non-hydrogen) atoms. The Labute approximate surface area is 134 Å². The summed E-state index contributed by atoms with van der Waals surface area (Å²) in [6, 6.07) is 25.8. The summed E-state index contributed by atoms with van der Waals surface area (Å²) in [7, 11) is 0. The summed E-state index contributed by atoms with van der Waals surface area (Å²) < 4.78 is 11.4. The van der Waals surface area contributed by atoms with E-state index in [0.717, 1.165) is 11.3 Å². The summed E-state index contributed by atoms with van der Waals surface area (Å²) >= 11 is 5.93. The molecule has 1 radical (unpaired) electrons. The molecule has 2 nitrogen and oxygen atoms in total. The summed E-state index contributed by atoms with van der Waals surface area (Å²) in [6.07, 6.45) is 0. The maximum absolute atomic E-state index is 5.93. The van der Waals surface area contributed by atoms with Crippen molar-refractivity contribution in [2.24, 2.45) is 0 Å². The van der Waals surface area contributed by atoms with Gasteiger partial charge in [0.05, 0.1) is 0 Å². The van der Waals surface area contributed by atoms with Crippen LogP contribution in [0.2, 0.25) is 5.02 Å². The van der Waals surface area contributed by atoms with Gasteiger partial charge in [-0.15, -0.1) is 0 Å². The Hall–Kier alpha value is -2.45. The molecule has 3 rings (SSSR count). The Morgan fingerprint density at radius 2 is 1.73 bits per heavy atom. The number of halogens is 1. The highest BCUT2D eigenvalue weighted by molar-refractivity contribution is 6.30. The Kier molecular flexibility index (Phi) is 4.62. The highest BCUT2D eigenvalue weighted by Crippen LogP contribution is 2.25. The molecule has 0 unspecified atom stereocenters. The summed E-state index contributed by atoms with van der Waals surface area (Å²) in [5.41, 5.74) is 1.13. The normalized spacial score (nSPS) is 10.2. The summed E-state index contributed by atoms with van der Waals surface area (Å²) in [4.78, 5) is 0. The first-order valence-corrected chi connectivity index (χ1v) is 7.29. The van der Waals surface area contributed by atoms with Crippen LogP contribution in [-0.2, 0) is 6.61 Å². The van der Waals surface area contributed by atoms with Crippen molar-refractivity contribution in [1.82, 2.24) is 0 Å². The van der Waals surface area contributed by atoms with Crippen molar-refractivity contribution in [2.75, 3.05) is 0 Å². The number of benzene rings is 3. The molecule has 3 aromatic rings. The van der Waals surface area contributed by atoms with E-state index in [9.17, 15) is 0 Å². The van der Waals surface area contributed by atoms with Gasteiger partial charge >= 0.3 is 0 Å². The van der Waals surface area contributed by atoms with Crippen LogP contribution in [0.15, 0.2) is 72.8 Å². The van der Waals surface area contributed by atoms with Crippen LogP contribution >= 0.6 is 11.6 Å². The van der Waals surface area contributed by atoms with Gasteiger partial charge in [0, 0.05) is 11.1 Å². The fourth-order valence-corrected chi connectivity index (χ4v) is 2.13. The Morgan fingerprint density at radius 3 is 2.45 bits per heavy atom. The van der Waals surface area contributed by atoms with Crippen molar-refractivity contribution >= 4 is 11.6 Å². The molecule has 0 saturated heterocycles. The average Bonchev–Trinajstić information content (AvgIpc) is 2.55. The van der Waals surface area contributed by atoms with Gasteiger partial charge in [-0.25, -0.2) is 0 Å². The van der Waals surface area contributed by atoms with Crippen molar-refractivity contribution in [3.63, 3.8) is 0 Å². The molecule has 3 heteroatoms. The Balaban J connectivity index is 1.60. The van der Waals surface area contributed by atoms with E-state index in [4.69, 9.17) is 21.1 Å². The number of rotatable bonds is 5. The molecule has 0 saturated carbocycles. The lowest BCUT2D eigenvalue weighted by atomic mass is 10.2. The summed E-state index contributed by atoms with van der Waals surface area (Å²) in [5.74, 6) is 2.05. The first-order valence-electron chi connectivity index (χ1n) is 6.91. The second kappa shape index (κ2) is 7.01. The molecule has 0 aliphatic heterocycles. The highest BCUT2D eigenvalue weighted by Gasteiger charge is 2.00. The van der Waals surface area contributed by atoms with E-state index in [2.05, 4.69) is 6.07 Å². The highest BCUT2D eigenvalue weighted by atomic mass is 35.5. The maximum atomic E-state index is 5.93. The largest absolute Gasteiger partial charge is 0.489 e. The minimum absolute atomic E-state index is 0.531. The molecule has 0 atom stereocenters. The van der Waals surface area contributed by atoms with Gasteiger partial charge in [-0.2, -0.15) is 0 Å². The quantitative estimate of drug-likeness (QED) is 0.618. The second-order valence-corrected chi connectivity index (χ2v) is 5.16. The number of hydrogen-bond acceptors (Lipinski definition) is 2. The van der Waals surface area contributed by atoms with Crippen LogP contribution in [0.5, 0.6) is 17.2 Å². The monoisotopic (exact) mass is 309 g/mol.